The Morgan fingerprint density at radius 3 is 2.55 bits per heavy atom. The van der Waals surface area contributed by atoms with Gasteiger partial charge in [0.15, 0.2) is 5.82 Å². The second-order valence-corrected chi connectivity index (χ2v) is 9.85. The van der Waals surface area contributed by atoms with Gasteiger partial charge in [-0.2, -0.15) is 5.26 Å². The summed E-state index contributed by atoms with van der Waals surface area (Å²) in [5, 5.41) is 25.4. The second kappa shape index (κ2) is 10.7. The summed E-state index contributed by atoms with van der Waals surface area (Å²) in [7, 11) is 0. The van der Waals surface area contributed by atoms with E-state index in [1.807, 2.05) is 37.3 Å². The highest BCUT2D eigenvalue weighted by Crippen LogP contribution is 2.37. The van der Waals surface area contributed by atoms with Crippen LogP contribution in [0.3, 0.4) is 0 Å². The largest absolute Gasteiger partial charge is 0.377 e. The van der Waals surface area contributed by atoms with Gasteiger partial charge in [0.25, 0.3) is 0 Å². The summed E-state index contributed by atoms with van der Waals surface area (Å²) in [5.41, 5.74) is 2.80. The Labute approximate surface area is 231 Å². The van der Waals surface area contributed by atoms with Gasteiger partial charge in [0.05, 0.1) is 36.9 Å². The molecule has 1 aliphatic carbocycles. The molecule has 2 aromatic heterocycles. The SMILES string of the molecule is [2H]C(Nc1cc(F)c2ncc(C#N)c(N[C@H](CC)c3ccccc3)c2c1)(c1ccc(F)cc1)c1cn(C2CC2)nn1. The number of hydrogen-bond donors (Lipinski definition) is 2. The number of nitrogens with one attached hydrogen (secondary N) is 2. The number of nitrogens with zero attached hydrogens (tertiary/aromatic N) is 5. The van der Waals surface area contributed by atoms with Gasteiger partial charge >= 0.3 is 0 Å². The van der Waals surface area contributed by atoms with Crippen molar-refractivity contribution in [1.29, 1.82) is 5.26 Å². The van der Waals surface area contributed by atoms with Crippen LogP contribution in [0.1, 0.15) is 68.0 Å². The smallest absolute Gasteiger partial charge is 0.151 e. The van der Waals surface area contributed by atoms with Gasteiger partial charge in [-0.3, -0.25) is 4.98 Å². The van der Waals surface area contributed by atoms with E-state index in [0.717, 1.165) is 24.8 Å². The van der Waals surface area contributed by atoms with Crippen molar-refractivity contribution in [3.05, 3.63) is 113 Å². The first-order valence-corrected chi connectivity index (χ1v) is 13.2. The summed E-state index contributed by atoms with van der Waals surface area (Å²) in [4.78, 5) is 4.23. The maximum absolute atomic E-state index is 15.6. The van der Waals surface area contributed by atoms with Crippen molar-refractivity contribution >= 4 is 22.3 Å². The molecular weight excluding hydrogens is 508 g/mol. The summed E-state index contributed by atoms with van der Waals surface area (Å²) in [5.74, 6) is -1.06. The Morgan fingerprint density at radius 1 is 1.07 bits per heavy atom. The molecule has 200 valence electrons. The molecule has 2 N–H and O–H groups in total. The van der Waals surface area contributed by atoms with E-state index in [-0.39, 0.29) is 34.5 Å². The summed E-state index contributed by atoms with van der Waals surface area (Å²) in [6.45, 7) is 2.03. The van der Waals surface area contributed by atoms with Crippen LogP contribution in [0.25, 0.3) is 10.9 Å². The van der Waals surface area contributed by atoms with Gasteiger partial charge in [-0.25, -0.2) is 13.5 Å². The van der Waals surface area contributed by atoms with Crippen molar-refractivity contribution in [3.63, 3.8) is 0 Å². The van der Waals surface area contributed by atoms with Crippen LogP contribution in [0.15, 0.2) is 79.1 Å². The van der Waals surface area contributed by atoms with Crippen LogP contribution in [0, 0.1) is 23.0 Å². The minimum absolute atomic E-state index is 0.0944. The molecule has 2 atom stereocenters. The Kier molecular flexibility index (Phi) is 6.50. The summed E-state index contributed by atoms with van der Waals surface area (Å²) in [6, 6.07) is 18.8. The molecule has 7 nitrogen and oxygen atoms in total. The zero-order valence-corrected chi connectivity index (χ0v) is 21.8. The first-order valence-electron chi connectivity index (χ1n) is 13.7. The molecular formula is C31H27F2N7. The lowest BCUT2D eigenvalue weighted by Crippen LogP contribution is -2.14. The molecule has 9 heteroatoms. The second-order valence-electron chi connectivity index (χ2n) is 9.85. The van der Waals surface area contributed by atoms with Crippen LogP contribution in [-0.4, -0.2) is 20.0 Å². The molecule has 0 amide bonds. The number of nitriles is 1. The van der Waals surface area contributed by atoms with Crippen molar-refractivity contribution in [2.24, 2.45) is 0 Å². The maximum atomic E-state index is 15.6. The van der Waals surface area contributed by atoms with Gasteiger partial charge in [-0.05, 0) is 54.7 Å². The normalized spacial score (nSPS) is 15.6. The van der Waals surface area contributed by atoms with Crippen LogP contribution in [0.4, 0.5) is 20.2 Å². The van der Waals surface area contributed by atoms with Crippen LogP contribution < -0.4 is 10.6 Å². The van der Waals surface area contributed by atoms with Crippen LogP contribution >= 0.6 is 0 Å². The zero-order chi connectivity index (χ0) is 28.6. The monoisotopic (exact) mass is 536 g/mol. The Hall–Kier alpha value is -4.84. The van der Waals surface area contributed by atoms with Gasteiger partial charge in [-0.15, -0.1) is 5.10 Å². The molecule has 0 saturated heterocycles. The van der Waals surface area contributed by atoms with E-state index in [4.69, 9.17) is 0 Å². The first-order chi connectivity index (χ1) is 19.9. The molecule has 1 fully saturated rings. The van der Waals surface area contributed by atoms with Crippen molar-refractivity contribution < 1.29 is 10.2 Å². The Balaban J connectivity index is 1.46. The topological polar surface area (TPSA) is 91.5 Å². The molecule has 0 aliphatic heterocycles. The van der Waals surface area contributed by atoms with Crippen LogP contribution in [-0.2, 0) is 0 Å². The minimum Gasteiger partial charge on any atom is -0.377 e. The fourth-order valence-corrected chi connectivity index (χ4v) is 4.81. The molecule has 1 unspecified atom stereocenters. The molecule has 0 radical (unpaired) electrons. The van der Waals surface area contributed by atoms with E-state index >= 15 is 4.39 Å². The third kappa shape index (κ3) is 5.08. The highest BCUT2D eigenvalue weighted by molar-refractivity contribution is 5.96. The molecule has 6 rings (SSSR count). The third-order valence-corrected chi connectivity index (χ3v) is 7.06. The fourth-order valence-electron chi connectivity index (χ4n) is 4.81. The standard InChI is InChI=1S/C31H27F2N7/c1-2-27(19-6-4-3-5-7-19)37-29-21(16-34)17-35-31-25(29)14-23(15-26(31)33)36-30(20-8-10-22(32)11-9-20)28-18-40(39-38-28)24-12-13-24/h3-11,14-15,17-18,24,27,30,36H,2,12-13H2,1H3,(H,35,37)/t27-,30?/m1/s1/i30D. The molecule has 3 aromatic carbocycles. The van der Waals surface area contributed by atoms with Crippen molar-refractivity contribution in [3.8, 4) is 6.07 Å². The van der Waals surface area contributed by atoms with E-state index in [2.05, 4.69) is 32.0 Å². The highest BCUT2D eigenvalue weighted by atomic mass is 19.1. The summed E-state index contributed by atoms with van der Waals surface area (Å²) >= 11 is 0. The van der Waals surface area contributed by atoms with Crippen molar-refractivity contribution in [2.75, 3.05) is 10.6 Å². The number of pyridine rings is 1. The van der Waals surface area contributed by atoms with Gasteiger partial charge in [-0.1, -0.05) is 54.6 Å². The molecule has 0 spiro atoms. The van der Waals surface area contributed by atoms with Crippen molar-refractivity contribution in [1.82, 2.24) is 20.0 Å². The first kappa shape index (κ1) is 24.2. The van der Waals surface area contributed by atoms with E-state index in [1.54, 1.807) is 16.9 Å². The quantitative estimate of drug-likeness (QED) is 0.209. The number of hydrogen-bond acceptors (Lipinski definition) is 6. The van der Waals surface area contributed by atoms with Gasteiger partial charge in [0, 0.05) is 17.3 Å². The zero-order valence-electron chi connectivity index (χ0n) is 22.8. The van der Waals surface area contributed by atoms with Crippen LogP contribution in [0.5, 0.6) is 0 Å². The third-order valence-electron chi connectivity index (χ3n) is 7.06. The molecule has 40 heavy (non-hydrogen) atoms. The molecule has 0 bridgehead atoms. The molecule has 1 saturated carbocycles. The predicted molar refractivity (Wildman–Crippen MR) is 150 cm³/mol. The van der Waals surface area contributed by atoms with E-state index in [0.29, 0.717) is 16.6 Å². The van der Waals surface area contributed by atoms with Crippen LogP contribution in [0.2, 0.25) is 0 Å². The average Bonchev–Trinajstić information content (AvgIpc) is 3.72. The van der Waals surface area contributed by atoms with Gasteiger partial charge < -0.3 is 10.6 Å². The number of fused-ring (bicyclic) bond motifs is 1. The summed E-state index contributed by atoms with van der Waals surface area (Å²) in [6.07, 6.45) is 5.75. The lowest BCUT2D eigenvalue weighted by atomic mass is 10.0. The number of aromatic nitrogens is 4. The molecule has 5 aromatic rings. The fraction of sp³-hybridized carbons (Fsp3) is 0.226. The lowest BCUT2D eigenvalue weighted by Gasteiger charge is -2.22. The number of benzene rings is 3. The number of rotatable bonds is 9. The Morgan fingerprint density at radius 2 is 1.85 bits per heavy atom. The highest BCUT2D eigenvalue weighted by Gasteiger charge is 2.27. The van der Waals surface area contributed by atoms with E-state index in [1.165, 1.54) is 36.5 Å². The minimum atomic E-state index is -1.72. The lowest BCUT2D eigenvalue weighted by molar-refractivity contribution is 0.610. The van der Waals surface area contributed by atoms with E-state index in [9.17, 15) is 11.0 Å². The number of halogens is 2. The molecule has 1 aliphatic rings. The predicted octanol–water partition coefficient (Wildman–Crippen LogP) is 7.08. The van der Waals surface area contributed by atoms with E-state index < -0.39 is 17.7 Å². The molecule has 2 heterocycles. The maximum Gasteiger partial charge on any atom is 0.151 e. The Bertz CT molecular complexity index is 1750. The van der Waals surface area contributed by atoms with Gasteiger partial charge in [0.2, 0.25) is 0 Å². The van der Waals surface area contributed by atoms with Gasteiger partial charge in [0.1, 0.15) is 23.1 Å². The average molecular weight is 537 g/mol. The summed E-state index contributed by atoms with van der Waals surface area (Å²) < 4.78 is 40.6. The van der Waals surface area contributed by atoms with Crippen molar-refractivity contribution in [2.45, 2.75) is 44.3 Å². The number of anilines is 2.